The van der Waals surface area contributed by atoms with E-state index in [9.17, 15) is 9.59 Å². The molecule has 0 fully saturated rings. The molecule has 5 nitrogen and oxygen atoms in total. The summed E-state index contributed by atoms with van der Waals surface area (Å²) in [4.78, 5) is 20.8. The third-order valence-corrected chi connectivity index (χ3v) is 1.10. The molecule has 13 heavy (non-hydrogen) atoms. The molecule has 0 aliphatic rings. The van der Waals surface area contributed by atoms with Crippen molar-refractivity contribution in [1.29, 1.82) is 0 Å². The Hall–Kier alpha value is -1.52. The van der Waals surface area contributed by atoms with Crippen molar-refractivity contribution < 1.29 is 24.2 Å². The quantitative estimate of drug-likeness (QED) is 0.530. The molecule has 0 rings (SSSR count). The first kappa shape index (κ1) is 11.5. The molecular formula is C8H12O5. The van der Waals surface area contributed by atoms with Crippen molar-refractivity contribution in [2.24, 2.45) is 0 Å². The highest BCUT2D eigenvalue weighted by molar-refractivity contribution is 5.86. The van der Waals surface area contributed by atoms with E-state index in [1.807, 2.05) is 0 Å². The van der Waals surface area contributed by atoms with Gasteiger partial charge in [-0.3, -0.25) is 0 Å². The Kier molecular flexibility index (Phi) is 4.58. The van der Waals surface area contributed by atoms with Crippen LogP contribution in [0.2, 0.25) is 0 Å². The molecule has 0 bridgehead atoms. The Morgan fingerprint density at radius 2 is 2.08 bits per heavy atom. The van der Waals surface area contributed by atoms with Crippen LogP contribution in [0, 0.1) is 0 Å². The molecule has 74 valence electrons. The van der Waals surface area contributed by atoms with Crippen LogP contribution in [0.25, 0.3) is 0 Å². The van der Waals surface area contributed by atoms with E-state index < -0.39 is 18.2 Å². The van der Waals surface area contributed by atoms with Gasteiger partial charge in [0.05, 0.1) is 0 Å². The van der Waals surface area contributed by atoms with Gasteiger partial charge in [0.25, 0.3) is 0 Å². The molecule has 5 heteroatoms. The highest BCUT2D eigenvalue weighted by atomic mass is 16.7. The zero-order valence-electron chi connectivity index (χ0n) is 7.57. The maximum absolute atomic E-state index is 10.8. The summed E-state index contributed by atoms with van der Waals surface area (Å²) in [6.07, 6.45) is -2.06. The third kappa shape index (κ3) is 5.72. The predicted octanol–water partition coefficient (Wildman–Crippen LogP) is 1.19. The average molecular weight is 188 g/mol. The van der Waals surface area contributed by atoms with Crippen LogP contribution in [-0.2, 0) is 14.3 Å². The Labute approximate surface area is 75.9 Å². The molecule has 1 atom stereocenters. The molecule has 0 aromatic heterocycles. The SMILES string of the molecule is C=C(C)C(=O)OCC(C)OC(=O)O. The van der Waals surface area contributed by atoms with Gasteiger partial charge in [0, 0.05) is 5.57 Å². The highest BCUT2D eigenvalue weighted by Crippen LogP contribution is 1.97. The molecule has 0 spiro atoms. The second-order valence-electron chi connectivity index (χ2n) is 2.57. The van der Waals surface area contributed by atoms with Gasteiger partial charge in [0.15, 0.2) is 0 Å². The van der Waals surface area contributed by atoms with Gasteiger partial charge in [0.1, 0.15) is 12.7 Å². The topological polar surface area (TPSA) is 72.8 Å². The fraction of sp³-hybridized carbons (Fsp3) is 0.500. The molecule has 0 amide bonds. The molecule has 1 N–H and O–H groups in total. The fourth-order valence-corrected chi connectivity index (χ4v) is 0.522. The van der Waals surface area contributed by atoms with Crippen molar-refractivity contribution in [2.75, 3.05) is 6.61 Å². The largest absolute Gasteiger partial charge is 0.506 e. The normalized spacial score (nSPS) is 11.5. The lowest BCUT2D eigenvalue weighted by atomic mass is 10.3. The molecule has 1 unspecified atom stereocenters. The third-order valence-electron chi connectivity index (χ3n) is 1.10. The zero-order valence-corrected chi connectivity index (χ0v) is 7.57. The van der Waals surface area contributed by atoms with Gasteiger partial charge in [-0.25, -0.2) is 9.59 Å². The van der Waals surface area contributed by atoms with Crippen LogP contribution in [-0.4, -0.2) is 29.9 Å². The molecule has 0 radical (unpaired) electrons. The second-order valence-corrected chi connectivity index (χ2v) is 2.57. The molecule has 0 saturated heterocycles. The van der Waals surface area contributed by atoms with Gasteiger partial charge in [-0.15, -0.1) is 0 Å². The maximum Gasteiger partial charge on any atom is 0.506 e. The number of hydrogen-bond acceptors (Lipinski definition) is 4. The van der Waals surface area contributed by atoms with Gasteiger partial charge >= 0.3 is 12.1 Å². The number of ether oxygens (including phenoxy) is 2. The summed E-state index contributed by atoms with van der Waals surface area (Å²) >= 11 is 0. The summed E-state index contributed by atoms with van der Waals surface area (Å²) in [7, 11) is 0. The van der Waals surface area contributed by atoms with Crippen molar-refractivity contribution in [3.05, 3.63) is 12.2 Å². The van der Waals surface area contributed by atoms with E-state index in [1.54, 1.807) is 0 Å². The van der Waals surface area contributed by atoms with Gasteiger partial charge in [-0.1, -0.05) is 6.58 Å². The van der Waals surface area contributed by atoms with Crippen LogP contribution in [0.1, 0.15) is 13.8 Å². The van der Waals surface area contributed by atoms with Crippen LogP contribution in [0.3, 0.4) is 0 Å². The summed E-state index contributed by atoms with van der Waals surface area (Å²) in [6, 6.07) is 0. The van der Waals surface area contributed by atoms with Crippen LogP contribution >= 0.6 is 0 Å². The molecule has 0 saturated carbocycles. The number of rotatable bonds is 4. The van der Waals surface area contributed by atoms with Gasteiger partial charge in [-0.05, 0) is 13.8 Å². The maximum atomic E-state index is 10.8. The zero-order chi connectivity index (χ0) is 10.4. The predicted molar refractivity (Wildman–Crippen MR) is 44.3 cm³/mol. The monoisotopic (exact) mass is 188 g/mol. The molecule has 0 heterocycles. The average Bonchev–Trinajstić information content (AvgIpc) is 1.98. The number of carbonyl (C=O) groups is 2. The summed E-state index contributed by atoms with van der Waals surface area (Å²) in [5.74, 6) is -0.555. The Balaban J connectivity index is 3.70. The summed E-state index contributed by atoms with van der Waals surface area (Å²) in [5.41, 5.74) is 0.266. The first-order valence-corrected chi connectivity index (χ1v) is 3.65. The lowest BCUT2D eigenvalue weighted by Crippen LogP contribution is -2.21. The van der Waals surface area contributed by atoms with Crippen molar-refractivity contribution in [3.63, 3.8) is 0 Å². The number of carbonyl (C=O) groups excluding carboxylic acids is 1. The number of esters is 1. The van der Waals surface area contributed by atoms with Crippen LogP contribution in [0.5, 0.6) is 0 Å². The lowest BCUT2D eigenvalue weighted by molar-refractivity contribution is -0.141. The van der Waals surface area contributed by atoms with E-state index in [0.29, 0.717) is 0 Å². The standard InChI is InChI=1S/C8H12O5/c1-5(2)7(9)12-4-6(3)13-8(10)11/h6H,1,4H2,2-3H3,(H,10,11). The molecule has 0 aromatic carbocycles. The number of hydrogen-bond donors (Lipinski definition) is 1. The minimum Gasteiger partial charge on any atom is -0.458 e. The summed E-state index contributed by atoms with van der Waals surface area (Å²) in [6.45, 7) is 6.25. The first-order chi connectivity index (χ1) is 5.93. The van der Waals surface area contributed by atoms with E-state index in [0.717, 1.165) is 0 Å². The van der Waals surface area contributed by atoms with Gasteiger partial charge in [-0.2, -0.15) is 0 Å². The molecule has 0 aromatic rings. The van der Waals surface area contributed by atoms with Crippen LogP contribution < -0.4 is 0 Å². The fourth-order valence-electron chi connectivity index (χ4n) is 0.522. The number of carboxylic acid groups (broad SMARTS) is 1. The minimum absolute atomic E-state index is 0.0992. The van der Waals surface area contributed by atoms with Crippen LogP contribution in [0.15, 0.2) is 12.2 Å². The van der Waals surface area contributed by atoms with E-state index in [2.05, 4.69) is 16.1 Å². The molecular weight excluding hydrogens is 176 g/mol. The van der Waals surface area contributed by atoms with Crippen molar-refractivity contribution >= 4 is 12.1 Å². The van der Waals surface area contributed by atoms with Gasteiger partial charge < -0.3 is 14.6 Å². The van der Waals surface area contributed by atoms with E-state index in [1.165, 1.54) is 13.8 Å². The van der Waals surface area contributed by atoms with Crippen molar-refractivity contribution in [2.45, 2.75) is 20.0 Å². The second kappa shape index (κ2) is 5.18. The van der Waals surface area contributed by atoms with Gasteiger partial charge in [0.2, 0.25) is 0 Å². The minimum atomic E-state index is -1.39. The van der Waals surface area contributed by atoms with E-state index >= 15 is 0 Å². The smallest absolute Gasteiger partial charge is 0.458 e. The first-order valence-electron chi connectivity index (χ1n) is 3.65. The summed E-state index contributed by atoms with van der Waals surface area (Å²) < 4.78 is 8.93. The van der Waals surface area contributed by atoms with E-state index in [-0.39, 0.29) is 12.2 Å². The Bertz CT molecular complexity index is 221. The molecule has 0 aliphatic heterocycles. The Morgan fingerprint density at radius 3 is 2.46 bits per heavy atom. The van der Waals surface area contributed by atoms with Crippen LogP contribution in [0.4, 0.5) is 4.79 Å². The molecule has 0 aliphatic carbocycles. The van der Waals surface area contributed by atoms with Crippen molar-refractivity contribution in [1.82, 2.24) is 0 Å². The summed E-state index contributed by atoms with van der Waals surface area (Å²) in [5, 5.41) is 8.18. The Morgan fingerprint density at radius 1 is 1.54 bits per heavy atom. The highest BCUT2D eigenvalue weighted by Gasteiger charge is 2.10. The van der Waals surface area contributed by atoms with E-state index in [4.69, 9.17) is 5.11 Å². The lowest BCUT2D eigenvalue weighted by Gasteiger charge is -2.10. The van der Waals surface area contributed by atoms with Crippen molar-refractivity contribution in [3.8, 4) is 0 Å².